The van der Waals surface area contributed by atoms with Gasteiger partial charge in [0.05, 0.1) is 5.39 Å². The van der Waals surface area contributed by atoms with Gasteiger partial charge in [0.15, 0.2) is 0 Å². The van der Waals surface area contributed by atoms with Crippen molar-refractivity contribution >= 4 is 27.4 Å². The Balaban J connectivity index is 1.65. The summed E-state index contributed by atoms with van der Waals surface area (Å²) in [5.41, 5.74) is 2.54. The second kappa shape index (κ2) is 6.88. The number of aromatic nitrogens is 2. The molecule has 140 valence electrons. The third kappa shape index (κ3) is 3.23. The quantitative estimate of drug-likeness (QED) is 0.655. The van der Waals surface area contributed by atoms with Crippen molar-refractivity contribution in [2.75, 3.05) is 32.1 Å². The third-order valence-electron chi connectivity index (χ3n) is 5.89. The van der Waals surface area contributed by atoms with Gasteiger partial charge < -0.3 is 9.80 Å². The van der Waals surface area contributed by atoms with Crippen LogP contribution < -0.4 is 4.90 Å². The maximum Gasteiger partial charge on any atom is 0.141 e. The molecule has 5 rings (SSSR count). The van der Waals surface area contributed by atoms with Crippen LogP contribution >= 0.6 is 11.3 Å². The van der Waals surface area contributed by atoms with Crippen LogP contribution in [0.15, 0.2) is 35.7 Å². The fraction of sp³-hybridized carbons (Fsp3) is 0.455. The molecule has 1 saturated heterocycles. The Labute approximate surface area is 164 Å². The molecule has 2 fully saturated rings. The zero-order chi connectivity index (χ0) is 18.4. The molecule has 0 spiro atoms. The lowest BCUT2D eigenvalue weighted by molar-refractivity contribution is 0.257. The monoisotopic (exact) mass is 378 g/mol. The summed E-state index contributed by atoms with van der Waals surface area (Å²) in [6.07, 6.45) is 4.96. The highest BCUT2D eigenvalue weighted by atomic mass is 32.1. The number of hydrogen-bond acceptors (Lipinski definition) is 5. The molecule has 1 atom stereocenters. The highest BCUT2D eigenvalue weighted by Crippen LogP contribution is 2.43. The van der Waals surface area contributed by atoms with Crippen LogP contribution in [0.5, 0.6) is 0 Å². The summed E-state index contributed by atoms with van der Waals surface area (Å²) in [4.78, 5) is 16.1. The van der Waals surface area contributed by atoms with Gasteiger partial charge in [-0.15, -0.1) is 11.3 Å². The summed E-state index contributed by atoms with van der Waals surface area (Å²) in [6, 6.07) is 11.3. The molecule has 1 aliphatic carbocycles. The van der Waals surface area contributed by atoms with Gasteiger partial charge in [-0.25, -0.2) is 9.97 Å². The van der Waals surface area contributed by atoms with E-state index in [0.717, 1.165) is 29.6 Å². The van der Waals surface area contributed by atoms with E-state index in [1.165, 1.54) is 42.2 Å². The van der Waals surface area contributed by atoms with Crippen LogP contribution in [-0.4, -0.2) is 48.1 Å². The topological polar surface area (TPSA) is 32.3 Å². The summed E-state index contributed by atoms with van der Waals surface area (Å²) in [5, 5.41) is 3.51. The lowest BCUT2D eigenvalue weighted by Gasteiger charge is -2.37. The first kappa shape index (κ1) is 17.1. The summed E-state index contributed by atoms with van der Waals surface area (Å²) in [7, 11) is 4.39. The summed E-state index contributed by atoms with van der Waals surface area (Å²) >= 11 is 1.77. The molecule has 1 saturated carbocycles. The number of hydrogen-bond donors (Lipinski definition) is 0. The van der Waals surface area contributed by atoms with Gasteiger partial charge in [-0.1, -0.05) is 30.3 Å². The van der Waals surface area contributed by atoms with Gasteiger partial charge in [0.2, 0.25) is 0 Å². The number of rotatable bonds is 4. The lowest BCUT2D eigenvalue weighted by Crippen LogP contribution is -2.45. The molecule has 4 nitrogen and oxygen atoms in total. The molecule has 1 aromatic carbocycles. The van der Waals surface area contributed by atoms with Crippen LogP contribution in [0.4, 0.5) is 5.82 Å². The largest absolute Gasteiger partial charge is 0.354 e. The molecule has 2 aliphatic rings. The van der Waals surface area contributed by atoms with Crippen LogP contribution in [0.1, 0.15) is 37.4 Å². The van der Waals surface area contributed by atoms with E-state index < -0.39 is 0 Å². The maximum atomic E-state index is 5.14. The first-order valence-corrected chi connectivity index (χ1v) is 10.8. The standard InChI is InChI=1S/C22H26N4S/c1-25(2)17-9-6-12-26(13-17)21-19-18(15-7-4-3-5-8-15)14-27-22(19)24-20(23-21)16-10-11-16/h3-5,7-8,14,16-17H,6,9-13H2,1-2H3/t17-/m0/s1. The molecular formula is C22H26N4S. The summed E-state index contributed by atoms with van der Waals surface area (Å²) < 4.78 is 0. The molecule has 3 heterocycles. The molecule has 1 aliphatic heterocycles. The molecule has 0 N–H and O–H groups in total. The average Bonchev–Trinajstić information content (AvgIpc) is 3.47. The van der Waals surface area contributed by atoms with Crippen molar-refractivity contribution in [1.82, 2.24) is 14.9 Å². The van der Waals surface area contributed by atoms with Crippen LogP contribution in [0.25, 0.3) is 21.3 Å². The Morgan fingerprint density at radius 1 is 1.07 bits per heavy atom. The normalized spacial score (nSPS) is 20.6. The van der Waals surface area contributed by atoms with E-state index in [0.29, 0.717) is 12.0 Å². The zero-order valence-corrected chi connectivity index (χ0v) is 16.9. The molecule has 0 unspecified atom stereocenters. The molecule has 0 amide bonds. The predicted octanol–water partition coefficient (Wildman–Crippen LogP) is 4.77. The Bertz CT molecular complexity index is 946. The smallest absolute Gasteiger partial charge is 0.141 e. The van der Waals surface area contributed by atoms with Crippen LogP contribution in [0.3, 0.4) is 0 Å². The van der Waals surface area contributed by atoms with E-state index in [1.54, 1.807) is 11.3 Å². The molecular weight excluding hydrogens is 352 g/mol. The molecule has 3 aromatic rings. The van der Waals surface area contributed by atoms with Gasteiger partial charge in [-0.2, -0.15) is 0 Å². The van der Waals surface area contributed by atoms with Crippen molar-refractivity contribution in [3.63, 3.8) is 0 Å². The van der Waals surface area contributed by atoms with Crippen molar-refractivity contribution in [2.45, 2.75) is 37.6 Å². The van der Waals surface area contributed by atoms with E-state index in [2.05, 4.69) is 59.6 Å². The molecule has 0 bridgehead atoms. The van der Waals surface area contributed by atoms with Gasteiger partial charge in [-0.3, -0.25) is 0 Å². The van der Waals surface area contributed by atoms with Crippen molar-refractivity contribution in [1.29, 1.82) is 0 Å². The fourth-order valence-corrected chi connectivity index (χ4v) is 5.04. The van der Waals surface area contributed by atoms with Crippen molar-refractivity contribution in [3.8, 4) is 11.1 Å². The number of piperidine rings is 1. The first-order valence-electron chi connectivity index (χ1n) is 9.96. The highest BCUT2D eigenvalue weighted by molar-refractivity contribution is 7.17. The highest BCUT2D eigenvalue weighted by Gasteiger charge is 2.31. The minimum atomic E-state index is 0.574. The van der Waals surface area contributed by atoms with E-state index in [4.69, 9.17) is 9.97 Å². The van der Waals surface area contributed by atoms with E-state index >= 15 is 0 Å². The number of likely N-dealkylation sites (N-methyl/N-ethyl adjacent to an activating group) is 1. The van der Waals surface area contributed by atoms with E-state index in [1.807, 2.05) is 0 Å². The lowest BCUT2D eigenvalue weighted by atomic mass is 10.0. The fourth-order valence-electron chi connectivity index (χ4n) is 4.09. The number of thiophene rings is 1. The van der Waals surface area contributed by atoms with Gasteiger partial charge >= 0.3 is 0 Å². The SMILES string of the molecule is CN(C)[C@H]1CCCN(c2nc(C3CC3)nc3scc(-c4ccccc4)c23)C1. The van der Waals surface area contributed by atoms with E-state index in [9.17, 15) is 0 Å². The second-order valence-electron chi connectivity index (χ2n) is 8.08. The Hall–Kier alpha value is -1.98. The molecule has 0 radical (unpaired) electrons. The minimum absolute atomic E-state index is 0.574. The van der Waals surface area contributed by atoms with Gasteiger partial charge in [0, 0.05) is 36.0 Å². The maximum absolute atomic E-state index is 5.14. The number of fused-ring (bicyclic) bond motifs is 1. The van der Waals surface area contributed by atoms with Crippen molar-refractivity contribution in [2.24, 2.45) is 0 Å². The molecule has 5 heteroatoms. The predicted molar refractivity (Wildman–Crippen MR) is 114 cm³/mol. The molecule has 2 aromatic heterocycles. The number of nitrogens with zero attached hydrogens (tertiary/aromatic N) is 4. The first-order chi connectivity index (χ1) is 13.2. The van der Waals surface area contributed by atoms with Crippen LogP contribution in [0, 0.1) is 0 Å². The van der Waals surface area contributed by atoms with Crippen LogP contribution in [-0.2, 0) is 0 Å². The number of anilines is 1. The summed E-state index contributed by atoms with van der Waals surface area (Å²) in [6.45, 7) is 2.14. The second-order valence-corrected chi connectivity index (χ2v) is 8.94. The Kier molecular flexibility index (Phi) is 4.37. The van der Waals surface area contributed by atoms with Crippen molar-refractivity contribution in [3.05, 3.63) is 41.5 Å². The van der Waals surface area contributed by atoms with Gasteiger partial charge in [0.25, 0.3) is 0 Å². The summed E-state index contributed by atoms with van der Waals surface area (Å²) in [5.74, 6) is 2.80. The minimum Gasteiger partial charge on any atom is -0.354 e. The van der Waals surface area contributed by atoms with E-state index in [-0.39, 0.29) is 0 Å². The van der Waals surface area contributed by atoms with Gasteiger partial charge in [-0.05, 0) is 45.3 Å². The number of benzene rings is 1. The average molecular weight is 379 g/mol. The van der Waals surface area contributed by atoms with Gasteiger partial charge in [0.1, 0.15) is 16.5 Å². The van der Waals surface area contributed by atoms with Crippen molar-refractivity contribution < 1.29 is 0 Å². The Morgan fingerprint density at radius 3 is 2.63 bits per heavy atom. The molecule has 27 heavy (non-hydrogen) atoms. The Morgan fingerprint density at radius 2 is 1.89 bits per heavy atom. The zero-order valence-electron chi connectivity index (χ0n) is 16.1. The third-order valence-corrected chi connectivity index (χ3v) is 6.76. The van der Waals surface area contributed by atoms with Crippen LogP contribution in [0.2, 0.25) is 0 Å².